The number of benzene rings is 1. The molecule has 1 unspecified atom stereocenters. The molecule has 5 heteroatoms. The van der Waals surface area contributed by atoms with E-state index in [2.05, 4.69) is 23.4 Å². The fraction of sp³-hybridized carbons (Fsp3) is 0.400. The lowest BCUT2D eigenvalue weighted by Gasteiger charge is -2.31. The van der Waals surface area contributed by atoms with Crippen molar-refractivity contribution in [2.24, 2.45) is 5.73 Å². The highest BCUT2D eigenvalue weighted by Crippen LogP contribution is 2.40. The van der Waals surface area contributed by atoms with Crippen molar-refractivity contribution in [2.75, 3.05) is 0 Å². The molecule has 1 aromatic heterocycles. The number of nitrogens with two attached hydrogens (primary N) is 1. The van der Waals surface area contributed by atoms with Crippen LogP contribution >= 0.6 is 0 Å². The third-order valence-electron chi connectivity index (χ3n) is 3.69. The van der Waals surface area contributed by atoms with Gasteiger partial charge in [0.15, 0.2) is 0 Å². The Morgan fingerprint density at radius 1 is 1.45 bits per heavy atom. The van der Waals surface area contributed by atoms with Gasteiger partial charge in [0, 0.05) is 30.1 Å². The van der Waals surface area contributed by atoms with Crippen molar-refractivity contribution >= 4 is 0 Å². The number of hydrogen-bond donors (Lipinski definition) is 1. The normalized spacial score (nSPS) is 21.6. The zero-order chi connectivity index (χ0) is 14.3. The first kappa shape index (κ1) is 13.1. The van der Waals surface area contributed by atoms with Crippen molar-refractivity contribution in [3.05, 3.63) is 47.8 Å². The summed E-state index contributed by atoms with van der Waals surface area (Å²) in [4.78, 5) is 4.19. The quantitative estimate of drug-likeness (QED) is 0.916. The van der Waals surface area contributed by atoms with E-state index < -0.39 is 0 Å². The minimum absolute atomic E-state index is 0.153. The topological polar surface area (TPSA) is 53.1 Å². The van der Waals surface area contributed by atoms with Crippen LogP contribution in [0.25, 0.3) is 0 Å². The minimum atomic E-state index is -0.311. The van der Waals surface area contributed by atoms with Crippen molar-refractivity contribution in [2.45, 2.75) is 38.5 Å². The standard InChI is InChI=1S/C15H18FN3O/c1-9(2)19-8-18-7-13(19)15-6-12(17)11-4-3-10(16)5-14(11)20-15/h3-5,7-9,12,15H,6,17H2,1-2H3/t12-,15?/m1/s1. The van der Waals surface area contributed by atoms with Gasteiger partial charge in [0.05, 0.1) is 18.2 Å². The van der Waals surface area contributed by atoms with Gasteiger partial charge in [-0.05, 0) is 19.9 Å². The largest absolute Gasteiger partial charge is 0.484 e. The molecule has 1 aliphatic rings. The van der Waals surface area contributed by atoms with E-state index in [1.165, 1.54) is 12.1 Å². The Morgan fingerprint density at radius 2 is 2.25 bits per heavy atom. The van der Waals surface area contributed by atoms with Crippen LogP contribution in [0.2, 0.25) is 0 Å². The molecule has 2 aromatic rings. The lowest BCUT2D eigenvalue weighted by atomic mass is 9.96. The van der Waals surface area contributed by atoms with Crippen molar-refractivity contribution in [3.8, 4) is 5.75 Å². The predicted molar refractivity (Wildman–Crippen MR) is 73.9 cm³/mol. The molecule has 2 atom stereocenters. The maximum atomic E-state index is 13.4. The van der Waals surface area contributed by atoms with Crippen molar-refractivity contribution in [1.29, 1.82) is 0 Å². The van der Waals surface area contributed by atoms with Crippen LogP contribution in [0.15, 0.2) is 30.7 Å². The number of fused-ring (bicyclic) bond motifs is 1. The monoisotopic (exact) mass is 275 g/mol. The second-order valence-electron chi connectivity index (χ2n) is 5.45. The number of nitrogens with zero attached hydrogens (tertiary/aromatic N) is 2. The summed E-state index contributed by atoms with van der Waals surface area (Å²) < 4.78 is 21.4. The molecule has 3 rings (SSSR count). The number of hydrogen-bond acceptors (Lipinski definition) is 3. The summed E-state index contributed by atoms with van der Waals surface area (Å²) in [5, 5.41) is 0. The van der Waals surface area contributed by atoms with E-state index in [0.29, 0.717) is 18.2 Å². The van der Waals surface area contributed by atoms with Crippen LogP contribution in [-0.2, 0) is 0 Å². The van der Waals surface area contributed by atoms with Gasteiger partial charge in [0.2, 0.25) is 0 Å². The molecule has 0 saturated heterocycles. The van der Waals surface area contributed by atoms with E-state index in [-0.39, 0.29) is 18.0 Å². The molecular weight excluding hydrogens is 257 g/mol. The molecule has 0 fully saturated rings. The third kappa shape index (κ3) is 2.18. The zero-order valence-electron chi connectivity index (χ0n) is 11.6. The summed E-state index contributed by atoms with van der Waals surface area (Å²) >= 11 is 0. The lowest BCUT2D eigenvalue weighted by molar-refractivity contribution is 0.151. The molecule has 20 heavy (non-hydrogen) atoms. The number of aromatic nitrogens is 2. The molecule has 4 nitrogen and oxygen atoms in total. The van der Waals surface area contributed by atoms with Crippen LogP contribution in [0.5, 0.6) is 5.75 Å². The predicted octanol–water partition coefficient (Wildman–Crippen LogP) is 3.13. The maximum absolute atomic E-state index is 13.4. The van der Waals surface area contributed by atoms with Crippen LogP contribution < -0.4 is 10.5 Å². The summed E-state index contributed by atoms with van der Waals surface area (Å²) in [6.45, 7) is 4.17. The molecule has 0 amide bonds. The molecule has 1 aliphatic heterocycles. The molecule has 0 aliphatic carbocycles. The van der Waals surface area contributed by atoms with Gasteiger partial charge >= 0.3 is 0 Å². The van der Waals surface area contributed by atoms with Gasteiger partial charge in [-0.3, -0.25) is 0 Å². The molecule has 0 bridgehead atoms. The zero-order valence-corrected chi connectivity index (χ0v) is 11.6. The molecule has 0 spiro atoms. The van der Waals surface area contributed by atoms with Gasteiger partial charge in [-0.2, -0.15) is 0 Å². The summed E-state index contributed by atoms with van der Waals surface area (Å²) in [7, 11) is 0. The summed E-state index contributed by atoms with van der Waals surface area (Å²) in [6.07, 6.45) is 4.05. The minimum Gasteiger partial charge on any atom is -0.484 e. The Kier molecular flexibility index (Phi) is 3.22. The van der Waals surface area contributed by atoms with Crippen LogP contribution in [0.3, 0.4) is 0 Å². The van der Waals surface area contributed by atoms with Crippen LogP contribution in [0.1, 0.15) is 49.7 Å². The molecule has 0 radical (unpaired) electrons. The summed E-state index contributed by atoms with van der Waals surface area (Å²) in [5.41, 5.74) is 8.02. The number of halogens is 1. The van der Waals surface area contributed by atoms with E-state index >= 15 is 0 Å². The first-order valence-corrected chi connectivity index (χ1v) is 6.79. The van der Waals surface area contributed by atoms with E-state index in [4.69, 9.17) is 10.5 Å². The second kappa shape index (κ2) is 4.90. The number of rotatable bonds is 2. The molecule has 1 aromatic carbocycles. The Bertz CT molecular complexity index is 623. The van der Waals surface area contributed by atoms with Crippen LogP contribution in [-0.4, -0.2) is 9.55 Å². The molecule has 106 valence electrons. The third-order valence-corrected chi connectivity index (χ3v) is 3.69. The molecule has 2 N–H and O–H groups in total. The van der Waals surface area contributed by atoms with Crippen molar-refractivity contribution in [3.63, 3.8) is 0 Å². The van der Waals surface area contributed by atoms with E-state index in [1.54, 1.807) is 18.6 Å². The second-order valence-corrected chi connectivity index (χ2v) is 5.45. The van der Waals surface area contributed by atoms with Crippen LogP contribution in [0.4, 0.5) is 4.39 Å². The first-order chi connectivity index (χ1) is 9.56. The van der Waals surface area contributed by atoms with Gasteiger partial charge in [-0.15, -0.1) is 0 Å². The van der Waals surface area contributed by atoms with Gasteiger partial charge in [0.25, 0.3) is 0 Å². The Labute approximate surface area is 117 Å². The lowest BCUT2D eigenvalue weighted by Crippen LogP contribution is -2.26. The Balaban J connectivity index is 1.96. The highest BCUT2D eigenvalue weighted by Gasteiger charge is 2.29. The molecule has 0 saturated carbocycles. The number of ether oxygens (including phenoxy) is 1. The van der Waals surface area contributed by atoms with Gasteiger partial charge < -0.3 is 15.0 Å². The van der Waals surface area contributed by atoms with Crippen LogP contribution in [0, 0.1) is 5.82 Å². The van der Waals surface area contributed by atoms with E-state index in [9.17, 15) is 4.39 Å². The smallest absolute Gasteiger partial charge is 0.142 e. The fourth-order valence-corrected chi connectivity index (χ4v) is 2.65. The number of imidazole rings is 1. The SMILES string of the molecule is CC(C)n1cncc1C1C[C@@H](N)c2ccc(F)cc2O1. The average molecular weight is 275 g/mol. The van der Waals surface area contributed by atoms with Gasteiger partial charge in [-0.25, -0.2) is 9.37 Å². The summed E-state index contributed by atoms with van der Waals surface area (Å²) in [6, 6.07) is 4.66. The average Bonchev–Trinajstić information content (AvgIpc) is 2.87. The maximum Gasteiger partial charge on any atom is 0.142 e. The van der Waals surface area contributed by atoms with E-state index in [1.807, 2.05) is 0 Å². The Hall–Kier alpha value is -1.88. The molecule has 2 heterocycles. The summed E-state index contributed by atoms with van der Waals surface area (Å²) in [5.74, 6) is 0.222. The fourth-order valence-electron chi connectivity index (χ4n) is 2.65. The van der Waals surface area contributed by atoms with Gasteiger partial charge in [-0.1, -0.05) is 6.07 Å². The highest BCUT2D eigenvalue weighted by molar-refractivity contribution is 5.39. The Morgan fingerprint density at radius 3 is 3.00 bits per heavy atom. The van der Waals surface area contributed by atoms with Gasteiger partial charge in [0.1, 0.15) is 17.7 Å². The van der Waals surface area contributed by atoms with Crippen molar-refractivity contribution in [1.82, 2.24) is 9.55 Å². The van der Waals surface area contributed by atoms with Crippen molar-refractivity contribution < 1.29 is 9.13 Å². The van der Waals surface area contributed by atoms with E-state index in [0.717, 1.165) is 11.3 Å². The first-order valence-electron chi connectivity index (χ1n) is 6.79. The highest BCUT2D eigenvalue weighted by atomic mass is 19.1. The molecular formula is C15H18FN3O.